The van der Waals surface area contributed by atoms with E-state index in [9.17, 15) is 0 Å². The molecule has 0 radical (unpaired) electrons. The summed E-state index contributed by atoms with van der Waals surface area (Å²) in [5.41, 5.74) is 11.0. The Bertz CT molecular complexity index is 2320. The van der Waals surface area contributed by atoms with Crippen LogP contribution >= 0.6 is 0 Å². The van der Waals surface area contributed by atoms with Gasteiger partial charge in [0.2, 0.25) is 0 Å². The van der Waals surface area contributed by atoms with Crippen LogP contribution in [0.15, 0.2) is 146 Å². The predicted octanol–water partition coefficient (Wildman–Crippen LogP) is 7.64. The molecule has 214 valence electrons. The fourth-order valence-corrected chi connectivity index (χ4v) is 7.27. The van der Waals surface area contributed by atoms with Crippen molar-refractivity contribution >= 4 is 44.9 Å². The minimum absolute atomic E-state index is 0.0757. The SMILES string of the molecule is c1ccc2c(c1)c1ccccc1n2-c1cc2c3c(c1)Oc1ccc(-c4ccncc4)cc1B3c1cc(-c3ccncc3)ccc1O2. The molecule has 0 amide bonds. The van der Waals surface area contributed by atoms with Crippen molar-refractivity contribution in [1.82, 2.24) is 14.5 Å². The number of fused-ring (bicyclic) bond motifs is 7. The van der Waals surface area contributed by atoms with E-state index in [1.807, 2.05) is 49.1 Å². The third kappa shape index (κ3) is 3.70. The molecule has 5 nitrogen and oxygen atoms in total. The van der Waals surface area contributed by atoms with Crippen molar-refractivity contribution in [3.05, 3.63) is 146 Å². The van der Waals surface area contributed by atoms with E-state index >= 15 is 0 Å². The fraction of sp³-hybridized carbons (Fsp3) is 0. The molecule has 5 heterocycles. The number of nitrogens with zero attached hydrogens (tertiary/aromatic N) is 3. The lowest BCUT2D eigenvalue weighted by atomic mass is 9.34. The summed E-state index contributed by atoms with van der Waals surface area (Å²) in [6.07, 6.45) is 7.33. The van der Waals surface area contributed by atoms with E-state index in [-0.39, 0.29) is 6.71 Å². The molecule has 0 bridgehead atoms. The normalized spacial score (nSPS) is 12.7. The number of hydrogen-bond acceptors (Lipinski definition) is 4. The molecule has 0 fully saturated rings. The van der Waals surface area contributed by atoms with Gasteiger partial charge in [-0.3, -0.25) is 9.97 Å². The Morgan fingerprint density at radius 3 is 1.43 bits per heavy atom. The van der Waals surface area contributed by atoms with E-state index < -0.39 is 0 Å². The smallest absolute Gasteiger partial charge is 0.260 e. The number of pyridine rings is 2. The third-order valence-corrected chi connectivity index (χ3v) is 9.32. The van der Waals surface area contributed by atoms with Gasteiger partial charge in [-0.05, 0) is 81.7 Å². The molecule has 0 aliphatic carbocycles. The molecular formula is C40H24BN3O2. The lowest BCUT2D eigenvalue weighted by Crippen LogP contribution is -2.57. The van der Waals surface area contributed by atoms with Crippen LogP contribution in [0.2, 0.25) is 0 Å². The minimum Gasteiger partial charge on any atom is -0.458 e. The Labute approximate surface area is 265 Å². The Balaban J connectivity index is 1.22. The minimum atomic E-state index is -0.0757. The number of para-hydroxylation sites is 2. The zero-order valence-corrected chi connectivity index (χ0v) is 24.6. The van der Waals surface area contributed by atoms with Gasteiger partial charge in [-0.1, -0.05) is 60.7 Å². The molecule has 0 spiro atoms. The molecule has 3 aromatic heterocycles. The zero-order valence-electron chi connectivity index (χ0n) is 24.6. The summed E-state index contributed by atoms with van der Waals surface area (Å²) >= 11 is 0. The molecule has 10 rings (SSSR count). The van der Waals surface area contributed by atoms with Gasteiger partial charge in [0.25, 0.3) is 6.71 Å². The second-order valence-corrected chi connectivity index (χ2v) is 11.8. The molecule has 0 unspecified atom stereocenters. The van der Waals surface area contributed by atoms with E-state index in [2.05, 4.69) is 112 Å². The summed E-state index contributed by atoms with van der Waals surface area (Å²) in [5, 5.41) is 2.43. The van der Waals surface area contributed by atoms with Crippen LogP contribution in [-0.2, 0) is 0 Å². The highest BCUT2D eigenvalue weighted by Gasteiger charge is 2.41. The summed E-state index contributed by atoms with van der Waals surface area (Å²) in [6, 6.07) is 42.6. The maximum absolute atomic E-state index is 6.79. The highest BCUT2D eigenvalue weighted by molar-refractivity contribution is 6.98. The highest BCUT2D eigenvalue weighted by Crippen LogP contribution is 2.40. The molecule has 0 saturated heterocycles. The average Bonchev–Trinajstić information content (AvgIpc) is 3.46. The van der Waals surface area contributed by atoms with Crippen LogP contribution in [-0.4, -0.2) is 21.2 Å². The second-order valence-electron chi connectivity index (χ2n) is 11.8. The van der Waals surface area contributed by atoms with Gasteiger partial charge in [-0.25, -0.2) is 0 Å². The highest BCUT2D eigenvalue weighted by atomic mass is 16.5. The van der Waals surface area contributed by atoms with Crippen molar-refractivity contribution < 1.29 is 9.47 Å². The Morgan fingerprint density at radius 1 is 0.457 bits per heavy atom. The first kappa shape index (κ1) is 25.2. The zero-order chi connectivity index (χ0) is 30.2. The lowest BCUT2D eigenvalue weighted by molar-refractivity contribution is 0.464. The largest absolute Gasteiger partial charge is 0.458 e. The van der Waals surface area contributed by atoms with Crippen LogP contribution in [0, 0.1) is 0 Å². The summed E-state index contributed by atoms with van der Waals surface area (Å²) in [5.74, 6) is 3.32. The number of hydrogen-bond donors (Lipinski definition) is 0. The fourth-order valence-electron chi connectivity index (χ4n) is 7.27. The number of aromatic nitrogens is 3. The third-order valence-electron chi connectivity index (χ3n) is 9.32. The Hall–Kier alpha value is -6.14. The first-order valence-corrected chi connectivity index (χ1v) is 15.4. The van der Waals surface area contributed by atoms with Gasteiger partial charge in [-0.2, -0.15) is 0 Å². The van der Waals surface area contributed by atoms with E-state index in [0.29, 0.717) is 0 Å². The molecule has 8 aromatic rings. The van der Waals surface area contributed by atoms with E-state index in [4.69, 9.17) is 9.47 Å². The average molecular weight is 589 g/mol. The first-order valence-electron chi connectivity index (χ1n) is 15.4. The van der Waals surface area contributed by atoms with Crippen LogP contribution in [0.4, 0.5) is 0 Å². The maximum atomic E-state index is 6.79. The van der Waals surface area contributed by atoms with Crippen LogP contribution in [0.25, 0.3) is 49.7 Å². The molecule has 46 heavy (non-hydrogen) atoms. The van der Waals surface area contributed by atoms with Crippen molar-refractivity contribution in [2.24, 2.45) is 0 Å². The van der Waals surface area contributed by atoms with E-state index in [0.717, 1.165) is 78.4 Å². The summed E-state index contributed by atoms with van der Waals surface area (Å²) in [7, 11) is 0. The summed E-state index contributed by atoms with van der Waals surface area (Å²) < 4.78 is 15.9. The quantitative estimate of drug-likeness (QED) is 0.199. The maximum Gasteiger partial charge on any atom is 0.260 e. The molecule has 5 aromatic carbocycles. The van der Waals surface area contributed by atoms with Crippen molar-refractivity contribution in [3.63, 3.8) is 0 Å². The monoisotopic (exact) mass is 589 g/mol. The van der Waals surface area contributed by atoms with Gasteiger partial charge in [0.05, 0.1) is 16.7 Å². The van der Waals surface area contributed by atoms with Gasteiger partial charge in [0.1, 0.15) is 23.0 Å². The lowest BCUT2D eigenvalue weighted by Gasteiger charge is -2.34. The van der Waals surface area contributed by atoms with Crippen LogP contribution in [0.3, 0.4) is 0 Å². The van der Waals surface area contributed by atoms with Crippen LogP contribution in [0.1, 0.15) is 0 Å². The Kier molecular flexibility index (Phi) is 5.31. The van der Waals surface area contributed by atoms with E-state index in [1.54, 1.807) is 0 Å². The number of benzene rings is 5. The van der Waals surface area contributed by atoms with Crippen LogP contribution < -0.4 is 25.9 Å². The van der Waals surface area contributed by atoms with Crippen molar-refractivity contribution in [2.45, 2.75) is 0 Å². The summed E-state index contributed by atoms with van der Waals surface area (Å²) in [4.78, 5) is 8.46. The number of ether oxygens (including phenoxy) is 2. The molecule has 6 heteroatoms. The topological polar surface area (TPSA) is 49.2 Å². The molecule has 0 saturated carbocycles. The molecular weight excluding hydrogens is 565 g/mol. The van der Waals surface area contributed by atoms with Crippen LogP contribution in [0.5, 0.6) is 23.0 Å². The molecule has 2 aliphatic rings. The second kappa shape index (κ2) is 9.68. The van der Waals surface area contributed by atoms with Crippen molar-refractivity contribution in [1.29, 1.82) is 0 Å². The molecule has 2 aliphatic heterocycles. The van der Waals surface area contributed by atoms with Crippen molar-refractivity contribution in [2.75, 3.05) is 0 Å². The van der Waals surface area contributed by atoms with E-state index in [1.165, 1.54) is 10.8 Å². The van der Waals surface area contributed by atoms with Gasteiger partial charge in [0, 0.05) is 53.2 Å². The molecule has 0 atom stereocenters. The Morgan fingerprint density at radius 2 is 0.935 bits per heavy atom. The predicted molar refractivity (Wildman–Crippen MR) is 185 cm³/mol. The van der Waals surface area contributed by atoms with Gasteiger partial charge in [0.15, 0.2) is 0 Å². The first-order chi connectivity index (χ1) is 22.8. The summed E-state index contributed by atoms with van der Waals surface area (Å²) in [6.45, 7) is -0.0757. The number of rotatable bonds is 3. The van der Waals surface area contributed by atoms with Crippen molar-refractivity contribution in [3.8, 4) is 50.9 Å². The molecule has 0 N–H and O–H groups in total. The van der Waals surface area contributed by atoms with Gasteiger partial charge in [-0.15, -0.1) is 0 Å². The van der Waals surface area contributed by atoms with Gasteiger partial charge < -0.3 is 14.0 Å². The van der Waals surface area contributed by atoms with Gasteiger partial charge >= 0.3 is 0 Å². The standard InChI is InChI=1S/C40H24BN3O2/c1-3-7-34-30(5-1)31-6-2-4-8-35(31)44(34)29-23-38-40-39(24-29)46-37-12-10-28(26-15-19-43-20-16-26)22-33(37)41(40)32-21-27(9-11-36(32)45-38)25-13-17-42-18-14-25/h1-24H.